The average Bonchev–Trinajstić information content (AvgIpc) is 3.54. The summed E-state index contributed by atoms with van der Waals surface area (Å²) in [4.78, 5) is 38.0. The average molecular weight is 539 g/mol. The Morgan fingerprint density at radius 1 is 0.950 bits per heavy atom. The second-order valence-electron chi connectivity index (χ2n) is 9.98. The van der Waals surface area contributed by atoms with E-state index in [2.05, 4.69) is 22.5 Å². The van der Waals surface area contributed by atoms with Gasteiger partial charge in [-0.2, -0.15) is 5.10 Å². The van der Waals surface area contributed by atoms with E-state index in [0.717, 1.165) is 38.9 Å². The lowest BCUT2D eigenvalue weighted by Crippen LogP contribution is -2.42. The van der Waals surface area contributed by atoms with E-state index in [0.29, 0.717) is 0 Å². The van der Waals surface area contributed by atoms with E-state index in [9.17, 15) is 19.5 Å². The summed E-state index contributed by atoms with van der Waals surface area (Å²) in [6, 6.07) is 22.2. The number of carbonyl (C=O) groups excluding carboxylic acids is 2. The maximum atomic E-state index is 12.7. The molecule has 1 aliphatic carbocycles. The number of carboxylic acids is 1. The van der Waals surface area contributed by atoms with Crippen LogP contribution in [0.1, 0.15) is 22.6 Å². The number of rotatable bonds is 9. The first-order valence-electron chi connectivity index (χ1n) is 13.0. The number of alkyl carbamates (subject to hydrolysis) is 1. The molecule has 2 N–H and O–H groups in total. The summed E-state index contributed by atoms with van der Waals surface area (Å²) in [5.74, 6) is -1.32. The number of carboxylic acid groups (broad SMARTS) is 1. The molecule has 0 saturated carbocycles. The van der Waals surface area contributed by atoms with Gasteiger partial charge < -0.3 is 20.1 Å². The number of aromatic nitrogens is 2. The molecule has 1 atom stereocenters. The second kappa shape index (κ2) is 11.4. The largest absolute Gasteiger partial charge is 0.480 e. The van der Waals surface area contributed by atoms with Crippen molar-refractivity contribution in [1.82, 2.24) is 20.0 Å². The number of hydrogen-bond acceptors (Lipinski definition) is 5. The highest BCUT2D eigenvalue weighted by Gasteiger charge is 2.29. The Morgan fingerprint density at radius 3 is 2.17 bits per heavy atom. The molecule has 4 aromatic rings. The Labute approximate surface area is 232 Å². The molecule has 2 amide bonds. The van der Waals surface area contributed by atoms with Gasteiger partial charge in [0, 0.05) is 38.2 Å². The third kappa shape index (κ3) is 5.73. The zero-order valence-corrected chi connectivity index (χ0v) is 22.3. The molecule has 0 saturated heterocycles. The predicted molar refractivity (Wildman–Crippen MR) is 150 cm³/mol. The number of likely N-dealkylation sites (N-methyl/N-ethyl adjacent to an activating group) is 1. The van der Waals surface area contributed by atoms with Gasteiger partial charge in [0.2, 0.25) is 5.91 Å². The van der Waals surface area contributed by atoms with Gasteiger partial charge in [0.15, 0.2) is 0 Å². The number of aliphatic carboxylic acids is 1. The molecule has 1 aromatic heterocycles. The van der Waals surface area contributed by atoms with E-state index >= 15 is 0 Å². The number of hydrogen-bond donors (Lipinski definition) is 2. The Bertz CT molecular complexity index is 1500. The van der Waals surface area contributed by atoms with Crippen LogP contribution in [-0.4, -0.2) is 64.5 Å². The molecule has 3 aromatic carbocycles. The van der Waals surface area contributed by atoms with Crippen LogP contribution in [0.2, 0.25) is 0 Å². The van der Waals surface area contributed by atoms with Crippen LogP contribution in [0.3, 0.4) is 0 Å². The van der Waals surface area contributed by atoms with Gasteiger partial charge in [-0.3, -0.25) is 9.48 Å². The van der Waals surface area contributed by atoms with Crippen LogP contribution in [0.4, 0.5) is 4.79 Å². The first-order valence-corrected chi connectivity index (χ1v) is 13.0. The molecule has 1 heterocycles. The van der Waals surface area contributed by atoms with Gasteiger partial charge >= 0.3 is 12.1 Å². The minimum absolute atomic E-state index is 0.0615. The lowest BCUT2D eigenvalue weighted by Gasteiger charge is -2.17. The number of fused-ring (bicyclic) bond motifs is 3. The molecule has 0 unspecified atom stereocenters. The molecule has 0 spiro atoms. The maximum Gasteiger partial charge on any atom is 0.407 e. The van der Waals surface area contributed by atoms with Gasteiger partial charge in [0.1, 0.15) is 19.2 Å². The first-order chi connectivity index (χ1) is 19.3. The number of nitrogens with one attached hydrogen (secondary N) is 1. The van der Waals surface area contributed by atoms with E-state index < -0.39 is 18.1 Å². The van der Waals surface area contributed by atoms with Crippen molar-refractivity contribution in [2.24, 2.45) is 0 Å². The van der Waals surface area contributed by atoms with Gasteiger partial charge in [-0.05, 0) is 33.4 Å². The summed E-state index contributed by atoms with van der Waals surface area (Å²) in [5.41, 5.74) is 6.86. The van der Waals surface area contributed by atoms with Crippen molar-refractivity contribution in [3.63, 3.8) is 0 Å². The molecule has 0 aliphatic heterocycles. The third-order valence-corrected chi connectivity index (χ3v) is 7.09. The van der Waals surface area contributed by atoms with Crippen molar-refractivity contribution in [2.75, 3.05) is 20.7 Å². The molecule has 0 fully saturated rings. The van der Waals surface area contributed by atoms with Gasteiger partial charge in [-0.1, -0.05) is 72.8 Å². The van der Waals surface area contributed by atoms with Gasteiger partial charge in [0.05, 0.1) is 6.20 Å². The Balaban J connectivity index is 1.19. The third-order valence-electron chi connectivity index (χ3n) is 7.09. The van der Waals surface area contributed by atoms with E-state index in [4.69, 9.17) is 4.74 Å². The van der Waals surface area contributed by atoms with Crippen molar-refractivity contribution in [3.8, 4) is 22.3 Å². The fraction of sp³-hybridized carbons (Fsp3) is 0.226. The normalized spacial score (nSPS) is 12.8. The quantitative estimate of drug-likeness (QED) is 0.331. The molecule has 204 valence electrons. The lowest BCUT2D eigenvalue weighted by molar-refractivity contribution is -0.139. The highest BCUT2D eigenvalue weighted by atomic mass is 16.5. The summed E-state index contributed by atoms with van der Waals surface area (Å²) in [5, 5.41) is 16.5. The highest BCUT2D eigenvalue weighted by Crippen LogP contribution is 2.44. The zero-order chi connectivity index (χ0) is 28.2. The van der Waals surface area contributed by atoms with Crippen LogP contribution in [0.5, 0.6) is 0 Å². The second-order valence-corrected chi connectivity index (χ2v) is 9.98. The molecule has 9 heteroatoms. The monoisotopic (exact) mass is 538 g/mol. The van der Waals surface area contributed by atoms with Crippen molar-refractivity contribution in [2.45, 2.75) is 24.9 Å². The van der Waals surface area contributed by atoms with Crippen molar-refractivity contribution in [1.29, 1.82) is 0 Å². The predicted octanol–water partition coefficient (Wildman–Crippen LogP) is 4.17. The van der Waals surface area contributed by atoms with Crippen LogP contribution >= 0.6 is 0 Å². The minimum Gasteiger partial charge on any atom is -0.480 e. The summed E-state index contributed by atoms with van der Waals surface area (Å²) in [7, 11) is 3.39. The molecule has 1 aliphatic rings. The van der Waals surface area contributed by atoms with Gasteiger partial charge in [-0.15, -0.1) is 0 Å². The van der Waals surface area contributed by atoms with Gasteiger partial charge in [-0.25, -0.2) is 9.59 Å². The fourth-order valence-electron chi connectivity index (χ4n) is 4.93. The molecule has 0 radical (unpaired) electrons. The SMILES string of the molecule is CN(C)C(=O)Cn1cc(-c2ccc(C[C@H](NC(=O)OCC3c4ccccc4-c4ccccc43)C(=O)O)cc2)cn1. The highest BCUT2D eigenvalue weighted by molar-refractivity contribution is 5.81. The van der Waals surface area contributed by atoms with E-state index in [-0.39, 0.29) is 31.4 Å². The van der Waals surface area contributed by atoms with Crippen molar-refractivity contribution in [3.05, 3.63) is 102 Å². The summed E-state index contributed by atoms with van der Waals surface area (Å²) in [6.45, 7) is 0.252. The van der Waals surface area contributed by atoms with Gasteiger partial charge in [0.25, 0.3) is 0 Å². The van der Waals surface area contributed by atoms with E-state index in [1.165, 1.54) is 4.90 Å². The van der Waals surface area contributed by atoms with E-state index in [1.807, 2.05) is 60.7 Å². The molecule has 5 rings (SSSR count). The number of carbonyl (C=O) groups is 3. The lowest BCUT2D eigenvalue weighted by atomic mass is 9.98. The molecular weight excluding hydrogens is 508 g/mol. The number of benzene rings is 3. The summed E-state index contributed by atoms with van der Waals surface area (Å²) < 4.78 is 7.10. The van der Waals surface area contributed by atoms with Crippen LogP contribution in [0, 0.1) is 0 Å². The Morgan fingerprint density at radius 2 is 1.57 bits per heavy atom. The fourth-order valence-corrected chi connectivity index (χ4v) is 4.93. The van der Waals surface area contributed by atoms with Crippen molar-refractivity contribution >= 4 is 18.0 Å². The summed E-state index contributed by atoms with van der Waals surface area (Å²) in [6.07, 6.45) is 2.79. The van der Waals surface area contributed by atoms with E-state index in [1.54, 1.807) is 31.2 Å². The zero-order valence-electron chi connectivity index (χ0n) is 22.3. The van der Waals surface area contributed by atoms with Crippen molar-refractivity contribution < 1.29 is 24.2 Å². The maximum absolute atomic E-state index is 12.7. The Hall–Kier alpha value is -4.92. The molecule has 40 heavy (non-hydrogen) atoms. The number of amides is 2. The summed E-state index contributed by atoms with van der Waals surface area (Å²) >= 11 is 0. The number of nitrogens with zero attached hydrogens (tertiary/aromatic N) is 3. The molecule has 9 nitrogen and oxygen atoms in total. The standard InChI is InChI=1S/C31H30N4O5/c1-34(2)29(36)18-35-17-22(16-32-35)21-13-11-20(12-14-21)15-28(30(37)38)33-31(39)40-19-27-25-9-5-3-7-23(25)24-8-4-6-10-26(24)27/h3-14,16-17,27-28H,15,18-19H2,1-2H3,(H,33,39)(H,37,38)/t28-/m0/s1. The molecular formula is C31H30N4O5. The first kappa shape index (κ1) is 26.7. The topological polar surface area (TPSA) is 114 Å². The van der Waals surface area contributed by atoms with Crippen LogP contribution in [0.15, 0.2) is 85.2 Å². The number of ether oxygens (including phenoxy) is 1. The van der Waals surface area contributed by atoms with Crippen LogP contribution in [0.25, 0.3) is 22.3 Å². The Kier molecular flexibility index (Phi) is 7.63. The smallest absolute Gasteiger partial charge is 0.407 e. The van der Waals surface area contributed by atoms with Crippen LogP contribution in [-0.2, 0) is 27.3 Å². The minimum atomic E-state index is -1.15. The van der Waals surface area contributed by atoms with Crippen LogP contribution < -0.4 is 5.32 Å². The molecule has 0 bridgehead atoms.